The highest BCUT2D eigenvalue weighted by Gasteiger charge is 2.07. The Morgan fingerprint density at radius 1 is 1.36 bits per heavy atom. The summed E-state index contributed by atoms with van der Waals surface area (Å²) in [6.07, 6.45) is 1.14. The summed E-state index contributed by atoms with van der Waals surface area (Å²) in [5, 5.41) is 0.821. The van der Waals surface area contributed by atoms with Crippen LogP contribution in [0.1, 0.15) is 19.2 Å². The van der Waals surface area contributed by atoms with E-state index >= 15 is 0 Å². The van der Waals surface area contributed by atoms with E-state index in [9.17, 15) is 0 Å². The number of rotatable bonds is 3. The van der Waals surface area contributed by atoms with Crippen LogP contribution in [-0.2, 0) is 11.9 Å². The molecule has 0 saturated heterocycles. The Kier molecular flexibility index (Phi) is 2.87. The number of imidazole rings is 1. The molecule has 2 rings (SSSR count). The zero-order chi connectivity index (χ0) is 9.97. The van der Waals surface area contributed by atoms with Crippen molar-refractivity contribution >= 4 is 27.0 Å². The van der Waals surface area contributed by atoms with E-state index in [0.29, 0.717) is 0 Å². The maximum absolute atomic E-state index is 4.57. The van der Waals surface area contributed by atoms with E-state index in [-0.39, 0.29) is 0 Å². The minimum Gasteiger partial charge on any atom is -0.327 e. The molecule has 14 heavy (non-hydrogen) atoms. The van der Waals surface area contributed by atoms with Gasteiger partial charge in [-0.1, -0.05) is 35.0 Å². The first-order valence-electron chi connectivity index (χ1n) is 4.87. The number of aromatic nitrogens is 2. The van der Waals surface area contributed by atoms with Gasteiger partial charge in [0.25, 0.3) is 0 Å². The molecule has 2 aromatic rings. The first-order chi connectivity index (χ1) is 6.86. The second kappa shape index (κ2) is 4.13. The van der Waals surface area contributed by atoms with Crippen LogP contribution in [0, 0.1) is 0 Å². The molecule has 0 aliphatic carbocycles. The van der Waals surface area contributed by atoms with E-state index in [4.69, 9.17) is 0 Å². The smallest absolute Gasteiger partial charge is 0.120 e. The number of alkyl halides is 1. The van der Waals surface area contributed by atoms with Crippen molar-refractivity contribution in [2.45, 2.75) is 25.2 Å². The van der Waals surface area contributed by atoms with Crippen LogP contribution in [0.25, 0.3) is 11.0 Å². The van der Waals surface area contributed by atoms with Gasteiger partial charge < -0.3 is 4.57 Å². The van der Waals surface area contributed by atoms with Gasteiger partial charge in [0, 0.05) is 6.54 Å². The van der Waals surface area contributed by atoms with Crippen molar-refractivity contribution in [3.63, 3.8) is 0 Å². The lowest BCUT2D eigenvalue weighted by atomic mass is 10.3. The fourth-order valence-corrected chi connectivity index (χ4v) is 2.13. The summed E-state index contributed by atoms with van der Waals surface area (Å²) < 4.78 is 2.28. The molecule has 0 fully saturated rings. The highest BCUT2D eigenvalue weighted by Crippen LogP contribution is 2.17. The number of nitrogens with zero attached hydrogens (tertiary/aromatic N) is 2. The number of hydrogen-bond donors (Lipinski definition) is 0. The molecular formula is C11H13BrN2. The third-order valence-corrected chi connectivity index (χ3v) is 2.80. The third-order valence-electron chi connectivity index (χ3n) is 2.30. The molecule has 0 aliphatic heterocycles. The van der Waals surface area contributed by atoms with Gasteiger partial charge in [-0.3, -0.25) is 0 Å². The van der Waals surface area contributed by atoms with Crippen LogP contribution in [0.3, 0.4) is 0 Å². The Bertz CT molecular complexity index is 434. The van der Waals surface area contributed by atoms with Gasteiger partial charge in [0.1, 0.15) is 5.82 Å². The lowest BCUT2D eigenvalue weighted by Crippen LogP contribution is -2.00. The summed E-state index contributed by atoms with van der Waals surface area (Å²) in [4.78, 5) is 4.57. The number of aryl methyl sites for hydroxylation is 1. The molecule has 74 valence electrons. The molecular weight excluding hydrogens is 240 g/mol. The quantitative estimate of drug-likeness (QED) is 0.767. The van der Waals surface area contributed by atoms with Crippen LogP contribution in [0.15, 0.2) is 24.3 Å². The molecule has 0 amide bonds. The zero-order valence-corrected chi connectivity index (χ0v) is 9.79. The van der Waals surface area contributed by atoms with E-state index in [1.165, 1.54) is 5.52 Å². The van der Waals surface area contributed by atoms with Gasteiger partial charge in [0.2, 0.25) is 0 Å². The van der Waals surface area contributed by atoms with E-state index in [1.807, 2.05) is 6.07 Å². The Morgan fingerprint density at radius 3 is 2.86 bits per heavy atom. The van der Waals surface area contributed by atoms with Crippen LogP contribution in [0.4, 0.5) is 0 Å². The second-order valence-electron chi connectivity index (χ2n) is 3.30. The number of fused-ring (bicyclic) bond motifs is 1. The molecule has 0 spiro atoms. The molecule has 1 heterocycles. The van der Waals surface area contributed by atoms with Gasteiger partial charge >= 0.3 is 0 Å². The lowest BCUT2D eigenvalue weighted by molar-refractivity contribution is 0.674. The Morgan fingerprint density at radius 2 is 2.14 bits per heavy atom. The van der Waals surface area contributed by atoms with Crippen molar-refractivity contribution in [3.8, 4) is 0 Å². The lowest BCUT2D eigenvalue weighted by Gasteiger charge is -2.04. The van der Waals surface area contributed by atoms with Crippen molar-refractivity contribution in [1.82, 2.24) is 9.55 Å². The molecule has 3 heteroatoms. The van der Waals surface area contributed by atoms with E-state index in [1.54, 1.807) is 0 Å². The zero-order valence-electron chi connectivity index (χ0n) is 8.20. The normalized spacial score (nSPS) is 11.0. The van der Waals surface area contributed by atoms with Gasteiger partial charge in [-0.15, -0.1) is 0 Å². The van der Waals surface area contributed by atoms with E-state index < -0.39 is 0 Å². The number of halogens is 1. The van der Waals surface area contributed by atoms with Crippen molar-refractivity contribution in [3.05, 3.63) is 30.1 Å². The minimum absolute atomic E-state index is 0.821. The van der Waals surface area contributed by atoms with Crippen molar-refractivity contribution in [2.24, 2.45) is 0 Å². The topological polar surface area (TPSA) is 17.8 Å². The minimum atomic E-state index is 0.821. The number of benzene rings is 1. The summed E-state index contributed by atoms with van der Waals surface area (Å²) in [6, 6.07) is 8.29. The van der Waals surface area contributed by atoms with Crippen LogP contribution in [0.5, 0.6) is 0 Å². The Hall–Kier alpha value is -0.830. The van der Waals surface area contributed by atoms with E-state index in [2.05, 4.69) is 50.6 Å². The molecule has 1 aromatic carbocycles. The summed E-state index contributed by atoms with van der Waals surface area (Å²) in [5.74, 6) is 1.12. The fraction of sp³-hybridized carbons (Fsp3) is 0.364. The van der Waals surface area contributed by atoms with Crippen molar-refractivity contribution in [1.29, 1.82) is 0 Å². The maximum Gasteiger partial charge on any atom is 0.120 e. The standard InChI is InChI=1S/C11H13BrN2/c1-2-7-14-10-6-4-3-5-9(10)13-11(14)8-12/h3-6H,2,7-8H2,1H3. The van der Waals surface area contributed by atoms with Gasteiger partial charge in [0.15, 0.2) is 0 Å². The van der Waals surface area contributed by atoms with Gasteiger partial charge in [-0.05, 0) is 18.6 Å². The number of para-hydroxylation sites is 2. The number of hydrogen-bond acceptors (Lipinski definition) is 1. The molecule has 0 saturated carbocycles. The Balaban J connectivity index is 2.61. The molecule has 0 unspecified atom stereocenters. The largest absolute Gasteiger partial charge is 0.327 e. The summed E-state index contributed by atoms with van der Waals surface area (Å²) in [6.45, 7) is 3.23. The summed E-state index contributed by atoms with van der Waals surface area (Å²) in [7, 11) is 0. The van der Waals surface area contributed by atoms with Crippen LogP contribution in [0.2, 0.25) is 0 Å². The maximum atomic E-state index is 4.57. The van der Waals surface area contributed by atoms with Crippen LogP contribution in [-0.4, -0.2) is 9.55 Å². The first-order valence-corrected chi connectivity index (χ1v) is 5.99. The predicted octanol–water partition coefficient (Wildman–Crippen LogP) is 3.34. The van der Waals surface area contributed by atoms with Crippen LogP contribution < -0.4 is 0 Å². The van der Waals surface area contributed by atoms with Crippen molar-refractivity contribution < 1.29 is 0 Å². The van der Waals surface area contributed by atoms with Crippen LogP contribution >= 0.6 is 15.9 Å². The highest BCUT2D eigenvalue weighted by molar-refractivity contribution is 9.08. The second-order valence-corrected chi connectivity index (χ2v) is 3.86. The van der Waals surface area contributed by atoms with Gasteiger partial charge in [-0.2, -0.15) is 0 Å². The molecule has 0 bridgehead atoms. The monoisotopic (exact) mass is 252 g/mol. The molecule has 1 aromatic heterocycles. The van der Waals surface area contributed by atoms with Gasteiger partial charge in [-0.25, -0.2) is 4.98 Å². The molecule has 0 atom stereocenters. The SMILES string of the molecule is CCCn1c(CBr)nc2ccccc21. The third kappa shape index (κ3) is 1.57. The summed E-state index contributed by atoms with van der Waals surface area (Å²) >= 11 is 3.47. The molecule has 0 radical (unpaired) electrons. The molecule has 2 nitrogen and oxygen atoms in total. The van der Waals surface area contributed by atoms with E-state index in [0.717, 1.165) is 29.6 Å². The molecule has 0 aliphatic rings. The van der Waals surface area contributed by atoms with Crippen molar-refractivity contribution in [2.75, 3.05) is 0 Å². The first kappa shape index (κ1) is 9.71. The average Bonchev–Trinajstić information content (AvgIpc) is 2.58. The molecule has 0 N–H and O–H groups in total. The Labute approximate surface area is 92.1 Å². The summed E-state index contributed by atoms with van der Waals surface area (Å²) in [5.41, 5.74) is 2.33. The predicted molar refractivity (Wildman–Crippen MR) is 62.7 cm³/mol. The van der Waals surface area contributed by atoms with Gasteiger partial charge in [0.05, 0.1) is 16.4 Å². The average molecular weight is 253 g/mol. The highest BCUT2D eigenvalue weighted by atomic mass is 79.9. The fourth-order valence-electron chi connectivity index (χ4n) is 1.70.